The Morgan fingerprint density at radius 1 is 1.07 bits per heavy atom. The third kappa shape index (κ3) is 4.94. The van der Waals surface area contributed by atoms with Crippen molar-refractivity contribution in [3.05, 3.63) is 95.2 Å². The molecule has 7 heteroatoms. The summed E-state index contributed by atoms with van der Waals surface area (Å²) in [5, 5.41) is 6.94. The van der Waals surface area contributed by atoms with E-state index in [0.29, 0.717) is 12.3 Å². The Bertz CT molecular complexity index is 1150. The monoisotopic (exact) mass is 402 g/mol. The number of aryl methyl sites for hydroxylation is 2. The topological polar surface area (TPSA) is 82.2 Å². The van der Waals surface area contributed by atoms with Gasteiger partial charge >= 0.3 is 0 Å². The Balaban J connectivity index is 1.33. The van der Waals surface area contributed by atoms with Crippen molar-refractivity contribution in [3.63, 3.8) is 0 Å². The second kappa shape index (κ2) is 8.65. The number of hydrogen-bond donors (Lipinski definition) is 1. The van der Waals surface area contributed by atoms with Crippen LogP contribution in [0.3, 0.4) is 0 Å². The van der Waals surface area contributed by atoms with Gasteiger partial charge in [-0.25, -0.2) is 9.67 Å². The van der Waals surface area contributed by atoms with E-state index in [-0.39, 0.29) is 18.3 Å². The van der Waals surface area contributed by atoms with Gasteiger partial charge in [-0.3, -0.25) is 10.1 Å². The molecule has 0 aliphatic heterocycles. The summed E-state index contributed by atoms with van der Waals surface area (Å²) >= 11 is 0. The SMILES string of the molecule is Cc1ccc(Cn2cnc(NC(=O)c3ccc(COc4cccc(C)c4)o3)n2)cc1. The molecular weight excluding hydrogens is 380 g/mol. The first-order chi connectivity index (χ1) is 14.5. The molecule has 0 unspecified atom stereocenters. The average Bonchev–Trinajstić information content (AvgIpc) is 3.38. The van der Waals surface area contributed by atoms with Crippen molar-refractivity contribution in [1.82, 2.24) is 14.8 Å². The van der Waals surface area contributed by atoms with Crippen LogP contribution in [0.4, 0.5) is 5.95 Å². The first kappa shape index (κ1) is 19.4. The summed E-state index contributed by atoms with van der Waals surface area (Å²) in [6.07, 6.45) is 1.58. The number of ether oxygens (including phenoxy) is 1. The molecule has 0 aliphatic rings. The molecule has 0 aliphatic carbocycles. The minimum Gasteiger partial charge on any atom is -0.486 e. The average molecular weight is 402 g/mol. The highest BCUT2D eigenvalue weighted by atomic mass is 16.5. The Morgan fingerprint density at radius 2 is 1.90 bits per heavy atom. The maximum absolute atomic E-state index is 12.4. The number of hydrogen-bond acceptors (Lipinski definition) is 5. The Kier molecular flexibility index (Phi) is 5.61. The molecule has 152 valence electrons. The third-order valence-electron chi connectivity index (χ3n) is 4.48. The molecule has 7 nitrogen and oxygen atoms in total. The highest BCUT2D eigenvalue weighted by molar-refractivity contribution is 6.01. The fourth-order valence-electron chi connectivity index (χ4n) is 2.91. The Morgan fingerprint density at radius 3 is 2.70 bits per heavy atom. The number of nitrogens with zero attached hydrogens (tertiary/aromatic N) is 3. The van der Waals surface area contributed by atoms with E-state index >= 15 is 0 Å². The van der Waals surface area contributed by atoms with Crippen LogP contribution in [0.1, 0.15) is 33.0 Å². The van der Waals surface area contributed by atoms with Gasteiger partial charge in [0.25, 0.3) is 5.91 Å². The number of furan rings is 1. The van der Waals surface area contributed by atoms with Gasteiger partial charge < -0.3 is 9.15 Å². The van der Waals surface area contributed by atoms with Gasteiger partial charge in [0.2, 0.25) is 5.95 Å². The molecule has 0 atom stereocenters. The zero-order valence-corrected chi connectivity index (χ0v) is 16.8. The van der Waals surface area contributed by atoms with Gasteiger partial charge in [-0.2, -0.15) is 0 Å². The summed E-state index contributed by atoms with van der Waals surface area (Å²) in [6.45, 7) is 4.85. The molecule has 0 saturated heterocycles. The number of anilines is 1. The van der Waals surface area contributed by atoms with E-state index in [1.165, 1.54) is 5.56 Å². The predicted octanol–water partition coefficient (Wildman–Crippen LogP) is 4.37. The van der Waals surface area contributed by atoms with Gasteiger partial charge in [-0.05, 0) is 49.2 Å². The van der Waals surface area contributed by atoms with Crippen molar-refractivity contribution < 1.29 is 13.9 Å². The highest BCUT2D eigenvalue weighted by Crippen LogP contribution is 2.16. The van der Waals surface area contributed by atoms with Crippen LogP contribution in [0.25, 0.3) is 0 Å². The van der Waals surface area contributed by atoms with Gasteiger partial charge in [-0.15, -0.1) is 5.10 Å². The zero-order valence-electron chi connectivity index (χ0n) is 16.8. The van der Waals surface area contributed by atoms with Crippen LogP contribution in [0.15, 0.2) is 71.4 Å². The second-order valence-corrected chi connectivity index (χ2v) is 7.08. The summed E-state index contributed by atoms with van der Waals surface area (Å²) in [6, 6.07) is 19.2. The van der Waals surface area contributed by atoms with E-state index in [1.807, 2.05) is 62.4 Å². The summed E-state index contributed by atoms with van der Waals surface area (Å²) in [7, 11) is 0. The first-order valence-electron chi connectivity index (χ1n) is 9.60. The number of amides is 1. The van der Waals surface area contributed by atoms with Crippen molar-refractivity contribution >= 4 is 11.9 Å². The van der Waals surface area contributed by atoms with Gasteiger partial charge in [0.15, 0.2) is 5.76 Å². The summed E-state index contributed by atoms with van der Waals surface area (Å²) in [5.74, 6) is 1.29. The second-order valence-electron chi connectivity index (χ2n) is 7.08. The molecule has 0 radical (unpaired) electrons. The molecular formula is C23H22N4O3. The highest BCUT2D eigenvalue weighted by Gasteiger charge is 2.14. The lowest BCUT2D eigenvalue weighted by Crippen LogP contribution is -2.12. The molecule has 0 bridgehead atoms. The van der Waals surface area contributed by atoms with Crippen LogP contribution in [0.5, 0.6) is 5.75 Å². The van der Waals surface area contributed by atoms with Crippen LogP contribution in [0, 0.1) is 13.8 Å². The van der Waals surface area contributed by atoms with Crippen LogP contribution >= 0.6 is 0 Å². The summed E-state index contributed by atoms with van der Waals surface area (Å²) in [4.78, 5) is 16.6. The predicted molar refractivity (Wildman–Crippen MR) is 112 cm³/mol. The fourth-order valence-corrected chi connectivity index (χ4v) is 2.91. The Labute approximate surface area is 174 Å². The molecule has 4 rings (SSSR count). The van der Waals surface area contributed by atoms with Crippen molar-refractivity contribution in [2.45, 2.75) is 27.0 Å². The van der Waals surface area contributed by atoms with E-state index in [9.17, 15) is 4.79 Å². The zero-order chi connectivity index (χ0) is 20.9. The molecule has 0 spiro atoms. The molecule has 1 amide bonds. The number of carbonyl (C=O) groups excluding carboxylic acids is 1. The van der Waals surface area contributed by atoms with Gasteiger partial charge in [0.05, 0.1) is 6.54 Å². The van der Waals surface area contributed by atoms with E-state index < -0.39 is 5.91 Å². The summed E-state index contributed by atoms with van der Waals surface area (Å²) < 4.78 is 13.0. The molecule has 0 saturated carbocycles. The third-order valence-corrected chi connectivity index (χ3v) is 4.48. The lowest BCUT2D eigenvalue weighted by molar-refractivity contribution is 0.0991. The first-order valence-corrected chi connectivity index (χ1v) is 9.60. The largest absolute Gasteiger partial charge is 0.486 e. The number of aromatic nitrogens is 3. The van der Waals surface area contributed by atoms with Gasteiger partial charge in [-0.1, -0.05) is 42.0 Å². The van der Waals surface area contributed by atoms with E-state index in [0.717, 1.165) is 16.9 Å². The van der Waals surface area contributed by atoms with Crippen molar-refractivity contribution in [1.29, 1.82) is 0 Å². The molecule has 1 N–H and O–H groups in total. The van der Waals surface area contributed by atoms with Crippen LogP contribution in [-0.2, 0) is 13.2 Å². The van der Waals surface area contributed by atoms with Crippen LogP contribution in [0.2, 0.25) is 0 Å². The standard InChI is InChI=1S/C23H22N4O3/c1-16-6-8-18(9-7-16)13-27-15-24-23(26-27)25-22(28)21-11-10-20(30-21)14-29-19-5-3-4-17(2)12-19/h3-12,15H,13-14H2,1-2H3,(H,25,26,28). The normalized spacial score (nSPS) is 10.7. The van der Waals surface area contributed by atoms with Crippen LogP contribution in [-0.4, -0.2) is 20.7 Å². The quantitative estimate of drug-likeness (QED) is 0.496. The molecule has 0 fully saturated rings. The van der Waals surface area contributed by atoms with Crippen molar-refractivity contribution in [2.24, 2.45) is 0 Å². The molecule has 2 heterocycles. The number of rotatable bonds is 7. The molecule has 30 heavy (non-hydrogen) atoms. The lowest BCUT2D eigenvalue weighted by Gasteiger charge is -2.04. The molecule has 2 aromatic heterocycles. The molecule has 4 aromatic rings. The number of nitrogens with one attached hydrogen (secondary N) is 1. The van der Waals surface area contributed by atoms with E-state index in [2.05, 4.69) is 15.4 Å². The fraction of sp³-hybridized carbons (Fsp3) is 0.174. The van der Waals surface area contributed by atoms with Crippen molar-refractivity contribution in [2.75, 3.05) is 5.32 Å². The number of carbonyl (C=O) groups is 1. The van der Waals surface area contributed by atoms with Gasteiger partial charge in [0, 0.05) is 0 Å². The minimum atomic E-state index is -0.412. The number of benzene rings is 2. The van der Waals surface area contributed by atoms with E-state index in [4.69, 9.17) is 9.15 Å². The lowest BCUT2D eigenvalue weighted by atomic mass is 10.1. The maximum atomic E-state index is 12.4. The molecule has 2 aromatic carbocycles. The maximum Gasteiger partial charge on any atom is 0.293 e. The van der Waals surface area contributed by atoms with Crippen LogP contribution < -0.4 is 10.1 Å². The summed E-state index contributed by atoms with van der Waals surface area (Å²) in [5.41, 5.74) is 3.42. The Hall–Kier alpha value is -3.87. The van der Waals surface area contributed by atoms with Gasteiger partial charge in [0.1, 0.15) is 24.4 Å². The smallest absolute Gasteiger partial charge is 0.293 e. The minimum absolute atomic E-state index is 0.174. The van der Waals surface area contributed by atoms with Crippen molar-refractivity contribution in [3.8, 4) is 5.75 Å². The van der Waals surface area contributed by atoms with E-state index in [1.54, 1.807) is 23.1 Å².